The lowest BCUT2D eigenvalue weighted by atomic mass is 9.94. The van der Waals surface area contributed by atoms with Gasteiger partial charge in [-0.1, -0.05) is 29.8 Å². The standard InChI is InChI=1S/C21H20ClN3O/c1-25(2)13-16-7-6-15(21(23)26)12-17(16)14-8-9-19(22)18(11-14)20-5-3-4-10-24-20/h3-12H,13H2,1-2H3,(H2,23,26). The molecule has 1 aromatic heterocycles. The van der Waals surface area contributed by atoms with Crippen molar-refractivity contribution in [3.63, 3.8) is 0 Å². The lowest BCUT2D eigenvalue weighted by Crippen LogP contribution is -2.14. The maximum Gasteiger partial charge on any atom is 0.248 e. The van der Waals surface area contributed by atoms with E-state index >= 15 is 0 Å². The first-order valence-electron chi connectivity index (χ1n) is 8.24. The minimum absolute atomic E-state index is 0.443. The van der Waals surface area contributed by atoms with E-state index in [1.54, 1.807) is 12.3 Å². The maximum atomic E-state index is 11.6. The zero-order valence-electron chi connectivity index (χ0n) is 14.7. The Morgan fingerprint density at radius 3 is 2.54 bits per heavy atom. The Kier molecular flexibility index (Phi) is 5.35. The van der Waals surface area contributed by atoms with Crippen molar-refractivity contribution < 1.29 is 4.79 Å². The Bertz CT molecular complexity index is 939. The number of halogens is 1. The van der Waals surface area contributed by atoms with E-state index in [0.29, 0.717) is 10.6 Å². The van der Waals surface area contributed by atoms with Gasteiger partial charge in [0.05, 0.1) is 5.69 Å². The van der Waals surface area contributed by atoms with Crippen LogP contribution in [0.5, 0.6) is 0 Å². The third-order valence-corrected chi connectivity index (χ3v) is 4.43. The number of nitrogens with zero attached hydrogens (tertiary/aromatic N) is 2. The van der Waals surface area contributed by atoms with Gasteiger partial charge in [-0.2, -0.15) is 0 Å². The predicted molar refractivity (Wildman–Crippen MR) is 106 cm³/mol. The Morgan fingerprint density at radius 2 is 1.88 bits per heavy atom. The van der Waals surface area contributed by atoms with Crippen molar-refractivity contribution in [1.82, 2.24) is 9.88 Å². The fourth-order valence-corrected chi connectivity index (χ4v) is 3.10. The van der Waals surface area contributed by atoms with Crippen LogP contribution in [-0.2, 0) is 6.54 Å². The molecule has 0 aliphatic carbocycles. The van der Waals surface area contributed by atoms with Crippen molar-refractivity contribution in [3.05, 3.63) is 76.9 Å². The molecule has 3 aromatic rings. The van der Waals surface area contributed by atoms with Crippen LogP contribution in [0.2, 0.25) is 5.02 Å². The normalized spacial score (nSPS) is 10.9. The van der Waals surface area contributed by atoms with E-state index in [1.807, 2.05) is 62.6 Å². The summed E-state index contributed by atoms with van der Waals surface area (Å²) in [5.74, 6) is -0.443. The molecule has 0 saturated heterocycles. The highest BCUT2D eigenvalue weighted by atomic mass is 35.5. The molecule has 132 valence electrons. The molecule has 0 aliphatic heterocycles. The van der Waals surface area contributed by atoms with Gasteiger partial charge < -0.3 is 10.6 Å². The van der Waals surface area contributed by atoms with Crippen LogP contribution in [0.25, 0.3) is 22.4 Å². The fourth-order valence-electron chi connectivity index (χ4n) is 2.89. The smallest absolute Gasteiger partial charge is 0.248 e. The molecule has 0 atom stereocenters. The van der Waals surface area contributed by atoms with Gasteiger partial charge in [-0.25, -0.2) is 0 Å². The Hall–Kier alpha value is -2.69. The van der Waals surface area contributed by atoms with Crippen molar-refractivity contribution >= 4 is 17.5 Å². The molecule has 5 heteroatoms. The molecule has 0 radical (unpaired) electrons. The van der Waals surface area contributed by atoms with Crippen LogP contribution in [0.3, 0.4) is 0 Å². The van der Waals surface area contributed by atoms with E-state index < -0.39 is 5.91 Å². The molecule has 1 heterocycles. The van der Waals surface area contributed by atoms with Crippen molar-refractivity contribution in [1.29, 1.82) is 0 Å². The number of pyridine rings is 1. The molecule has 26 heavy (non-hydrogen) atoms. The molecule has 0 saturated carbocycles. The van der Waals surface area contributed by atoms with E-state index in [-0.39, 0.29) is 0 Å². The Balaban J connectivity index is 2.16. The summed E-state index contributed by atoms with van der Waals surface area (Å²) >= 11 is 6.40. The van der Waals surface area contributed by atoms with Crippen molar-refractivity contribution in [2.24, 2.45) is 5.73 Å². The predicted octanol–water partition coefficient (Wildman–Crippen LogP) is 4.23. The monoisotopic (exact) mass is 365 g/mol. The quantitative estimate of drug-likeness (QED) is 0.736. The SMILES string of the molecule is CN(C)Cc1ccc(C(N)=O)cc1-c1ccc(Cl)c(-c2ccccn2)c1. The summed E-state index contributed by atoms with van der Waals surface area (Å²) in [5, 5.41) is 0.632. The van der Waals surface area contributed by atoms with Gasteiger partial charge >= 0.3 is 0 Å². The molecule has 0 bridgehead atoms. The topological polar surface area (TPSA) is 59.2 Å². The van der Waals surface area contributed by atoms with Crippen molar-refractivity contribution in [2.45, 2.75) is 6.54 Å². The van der Waals surface area contributed by atoms with Gasteiger partial charge in [0.25, 0.3) is 0 Å². The van der Waals surface area contributed by atoms with Crippen LogP contribution in [-0.4, -0.2) is 29.9 Å². The van der Waals surface area contributed by atoms with Crippen molar-refractivity contribution in [2.75, 3.05) is 14.1 Å². The number of hydrogen-bond donors (Lipinski definition) is 1. The lowest BCUT2D eigenvalue weighted by Gasteiger charge is -2.16. The van der Waals surface area contributed by atoms with Gasteiger partial charge in [-0.3, -0.25) is 9.78 Å². The highest BCUT2D eigenvalue weighted by Crippen LogP contribution is 2.33. The van der Waals surface area contributed by atoms with Crippen molar-refractivity contribution in [3.8, 4) is 22.4 Å². The summed E-state index contributed by atoms with van der Waals surface area (Å²) in [4.78, 5) is 18.1. The van der Waals surface area contributed by atoms with E-state index in [2.05, 4.69) is 9.88 Å². The van der Waals surface area contributed by atoms with Gasteiger partial charge in [0.1, 0.15) is 0 Å². The van der Waals surface area contributed by atoms with E-state index in [0.717, 1.165) is 34.5 Å². The second-order valence-corrected chi connectivity index (χ2v) is 6.79. The summed E-state index contributed by atoms with van der Waals surface area (Å²) in [5.41, 5.74) is 10.7. The molecule has 4 nitrogen and oxygen atoms in total. The minimum Gasteiger partial charge on any atom is -0.366 e. The summed E-state index contributed by atoms with van der Waals surface area (Å²) in [6, 6.07) is 17.1. The molecule has 1 amide bonds. The molecule has 2 aromatic carbocycles. The fraction of sp³-hybridized carbons (Fsp3) is 0.143. The van der Waals surface area contributed by atoms with E-state index in [1.165, 1.54) is 0 Å². The molecule has 0 unspecified atom stereocenters. The average Bonchev–Trinajstić information content (AvgIpc) is 2.62. The largest absolute Gasteiger partial charge is 0.366 e. The van der Waals surface area contributed by atoms with Crippen LogP contribution in [0.4, 0.5) is 0 Å². The molecule has 2 N–H and O–H groups in total. The van der Waals surface area contributed by atoms with Crippen LogP contribution in [0.15, 0.2) is 60.8 Å². The first-order chi connectivity index (χ1) is 12.5. The summed E-state index contributed by atoms with van der Waals surface area (Å²) in [6.45, 7) is 0.746. The van der Waals surface area contributed by atoms with Gasteiger partial charge in [0.2, 0.25) is 5.91 Å². The first kappa shape index (κ1) is 18.1. The number of primary amides is 1. The Morgan fingerprint density at radius 1 is 1.08 bits per heavy atom. The zero-order chi connectivity index (χ0) is 18.7. The number of amides is 1. The van der Waals surface area contributed by atoms with Gasteiger partial charge in [-0.05, 0) is 67.2 Å². The summed E-state index contributed by atoms with van der Waals surface area (Å²) in [7, 11) is 4.01. The molecule has 0 aliphatic rings. The van der Waals surface area contributed by atoms with Gasteiger partial charge in [-0.15, -0.1) is 0 Å². The molecule has 3 rings (SSSR count). The van der Waals surface area contributed by atoms with Crippen LogP contribution in [0.1, 0.15) is 15.9 Å². The highest BCUT2D eigenvalue weighted by molar-refractivity contribution is 6.33. The molecule has 0 spiro atoms. The third kappa shape index (κ3) is 3.93. The van der Waals surface area contributed by atoms with Crippen LogP contribution in [0, 0.1) is 0 Å². The zero-order valence-corrected chi connectivity index (χ0v) is 15.5. The summed E-state index contributed by atoms with van der Waals surface area (Å²) < 4.78 is 0. The van der Waals surface area contributed by atoms with Gasteiger partial charge in [0.15, 0.2) is 0 Å². The number of nitrogens with two attached hydrogens (primary N) is 1. The number of rotatable bonds is 5. The number of benzene rings is 2. The number of carbonyl (C=O) groups is 1. The second kappa shape index (κ2) is 7.68. The summed E-state index contributed by atoms with van der Waals surface area (Å²) in [6.07, 6.45) is 1.74. The third-order valence-electron chi connectivity index (χ3n) is 4.10. The average molecular weight is 366 g/mol. The number of aromatic nitrogens is 1. The lowest BCUT2D eigenvalue weighted by molar-refractivity contribution is 0.100. The molecular formula is C21H20ClN3O. The van der Waals surface area contributed by atoms with Gasteiger partial charge in [0, 0.05) is 28.9 Å². The number of hydrogen-bond acceptors (Lipinski definition) is 3. The highest BCUT2D eigenvalue weighted by Gasteiger charge is 2.13. The van der Waals surface area contributed by atoms with E-state index in [9.17, 15) is 4.79 Å². The molecule has 0 fully saturated rings. The number of carbonyl (C=O) groups excluding carboxylic acids is 1. The Labute approximate surface area is 158 Å². The maximum absolute atomic E-state index is 11.6. The first-order valence-corrected chi connectivity index (χ1v) is 8.62. The van der Waals surface area contributed by atoms with E-state index in [4.69, 9.17) is 17.3 Å². The minimum atomic E-state index is -0.443. The van der Waals surface area contributed by atoms with Crippen LogP contribution >= 0.6 is 11.6 Å². The molecular weight excluding hydrogens is 346 g/mol. The van der Waals surface area contributed by atoms with Crippen LogP contribution < -0.4 is 5.73 Å². The second-order valence-electron chi connectivity index (χ2n) is 6.38.